The Morgan fingerprint density at radius 2 is 2.12 bits per heavy atom. The Labute approximate surface area is 108 Å². The summed E-state index contributed by atoms with van der Waals surface area (Å²) in [4.78, 5) is 11.4. The number of hydrogen-bond donors (Lipinski definition) is 0. The van der Waals surface area contributed by atoms with Crippen LogP contribution in [-0.2, 0) is 0 Å². The molecular formula is C13H20ClN3. The zero-order valence-corrected chi connectivity index (χ0v) is 11.4. The van der Waals surface area contributed by atoms with Gasteiger partial charge >= 0.3 is 0 Å². The van der Waals surface area contributed by atoms with Crippen LogP contribution in [0.4, 0.5) is 5.82 Å². The molecule has 0 bridgehead atoms. The molecule has 0 saturated carbocycles. The summed E-state index contributed by atoms with van der Waals surface area (Å²) in [7, 11) is 0. The second-order valence-electron chi connectivity index (χ2n) is 4.75. The third-order valence-electron chi connectivity index (χ3n) is 3.53. The van der Waals surface area contributed by atoms with Gasteiger partial charge in [0.05, 0.1) is 17.6 Å². The van der Waals surface area contributed by atoms with Crippen LogP contribution >= 0.6 is 11.6 Å². The highest BCUT2D eigenvalue weighted by atomic mass is 35.5. The number of nitrogens with zero attached hydrogens (tertiary/aromatic N) is 3. The summed E-state index contributed by atoms with van der Waals surface area (Å²) in [6, 6.07) is 0.413. The molecule has 1 aliphatic heterocycles. The zero-order valence-electron chi connectivity index (χ0n) is 10.6. The average molecular weight is 254 g/mol. The zero-order chi connectivity index (χ0) is 12.3. The standard InChI is InChI=1S/C13H20ClN3/c1-10-11(2)16-13(9-15-10)17-7-5-3-4-6-12(17)8-14/h9,12H,3-8H2,1-2H3. The molecule has 4 heteroatoms. The third kappa shape index (κ3) is 2.89. The summed E-state index contributed by atoms with van der Waals surface area (Å²) >= 11 is 6.08. The largest absolute Gasteiger partial charge is 0.351 e. The van der Waals surface area contributed by atoms with E-state index in [0.29, 0.717) is 11.9 Å². The highest BCUT2D eigenvalue weighted by molar-refractivity contribution is 6.18. The van der Waals surface area contributed by atoms with Gasteiger partial charge in [0.2, 0.25) is 0 Å². The minimum absolute atomic E-state index is 0.413. The Kier molecular flexibility index (Phi) is 4.21. The summed E-state index contributed by atoms with van der Waals surface area (Å²) in [6.45, 7) is 5.06. The van der Waals surface area contributed by atoms with Crippen molar-refractivity contribution in [3.8, 4) is 0 Å². The number of aryl methyl sites for hydroxylation is 2. The van der Waals surface area contributed by atoms with Gasteiger partial charge in [-0.25, -0.2) is 4.98 Å². The second kappa shape index (κ2) is 5.67. The van der Waals surface area contributed by atoms with Crippen LogP contribution in [0.25, 0.3) is 0 Å². The Morgan fingerprint density at radius 3 is 2.82 bits per heavy atom. The van der Waals surface area contributed by atoms with Gasteiger partial charge in [0, 0.05) is 18.5 Å². The Balaban J connectivity index is 2.25. The van der Waals surface area contributed by atoms with E-state index < -0.39 is 0 Å². The predicted molar refractivity (Wildman–Crippen MR) is 71.8 cm³/mol. The number of halogens is 1. The van der Waals surface area contributed by atoms with Crippen molar-refractivity contribution in [2.45, 2.75) is 45.6 Å². The maximum atomic E-state index is 6.08. The van der Waals surface area contributed by atoms with E-state index in [2.05, 4.69) is 14.9 Å². The molecular weight excluding hydrogens is 234 g/mol. The molecule has 0 aromatic carbocycles. The molecule has 0 amide bonds. The molecule has 2 heterocycles. The number of rotatable bonds is 2. The first-order valence-electron chi connectivity index (χ1n) is 6.35. The third-order valence-corrected chi connectivity index (χ3v) is 3.89. The molecule has 2 rings (SSSR count). The fourth-order valence-electron chi connectivity index (χ4n) is 2.31. The van der Waals surface area contributed by atoms with Gasteiger partial charge in [-0.3, -0.25) is 4.98 Å². The first-order valence-corrected chi connectivity index (χ1v) is 6.88. The van der Waals surface area contributed by atoms with E-state index in [1.807, 2.05) is 20.0 Å². The molecule has 1 aromatic heterocycles. The molecule has 1 fully saturated rings. The predicted octanol–water partition coefficient (Wildman–Crippen LogP) is 3.08. The SMILES string of the molecule is Cc1ncc(N2CCCCCC2CCl)nc1C. The van der Waals surface area contributed by atoms with E-state index in [1.165, 1.54) is 19.3 Å². The van der Waals surface area contributed by atoms with Crippen molar-refractivity contribution in [1.29, 1.82) is 0 Å². The van der Waals surface area contributed by atoms with E-state index in [0.717, 1.165) is 30.2 Å². The van der Waals surface area contributed by atoms with Crippen LogP contribution in [0.5, 0.6) is 0 Å². The quantitative estimate of drug-likeness (QED) is 0.759. The molecule has 1 atom stereocenters. The second-order valence-corrected chi connectivity index (χ2v) is 5.06. The van der Waals surface area contributed by atoms with Crippen LogP contribution in [0.1, 0.15) is 37.1 Å². The summed E-state index contributed by atoms with van der Waals surface area (Å²) < 4.78 is 0. The van der Waals surface area contributed by atoms with Gasteiger partial charge in [0.25, 0.3) is 0 Å². The average Bonchev–Trinajstić information content (AvgIpc) is 2.57. The first-order chi connectivity index (χ1) is 8.22. The lowest BCUT2D eigenvalue weighted by Crippen LogP contribution is -2.37. The van der Waals surface area contributed by atoms with Crippen LogP contribution < -0.4 is 4.90 Å². The summed E-state index contributed by atoms with van der Waals surface area (Å²) in [6.07, 6.45) is 6.83. The molecule has 17 heavy (non-hydrogen) atoms. The molecule has 1 aliphatic rings. The van der Waals surface area contributed by atoms with E-state index in [1.54, 1.807) is 0 Å². The molecule has 3 nitrogen and oxygen atoms in total. The number of alkyl halides is 1. The van der Waals surface area contributed by atoms with Gasteiger partial charge in [-0.05, 0) is 26.7 Å². The summed E-state index contributed by atoms with van der Waals surface area (Å²) in [5.74, 6) is 1.66. The molecule has 1 aromatic rings. The van der Waals surface area contributed by atoms with Gasteiger partial charge in [-0.1, -0.05) is 12.8 Å². The lowest BCUT2D eigenvalue weighted by Gasteiger charge is -2.29. The molecule has 1 unspecified atom stereocenters. The van der Waals surface area contributed by atoms with Crippen molar-refractivity contribution in [2.24, 2.45) is 0 Å². The molecule has 0 N–H and O–H groups in total. The van der Waals surface area contributed by atoms with Crippen molar-refractivity contribution in [1.82, 2.24) is 9.97 Å². The minimum Gasteiger partial charge on any atom is -0.351 e. The van der Waals surface area contributed by atoms with Crippen molar-refractivity contribution >= 4 is 17.4 Å². The normalized spacial score (nSPS) is 21.4. The minimum atomic E-state index is 0.413. The molecule has 0 radical (unpaired) electrons. The van der Waals surface area contributed by atoms with Gasteiger partial charge in [0.1, 0.15) is 5.82 Å². The van der Waals surface area contributed by atoms with Crippen molar-refractivity contribution < 1.29 is 0 Å². The Hall–Kier alpha value is -0.830. The van der Waals surface area contributed by atoms with Crippen molar-refractivity contribution in [3.63, 3.8) is 0 Å². The van der Waals surface area contributed by atoms with E-state index >= 15 is 0 Å². The molecule has 0 aliphatic carbocycles. The van der Waals surface area contributed by atoms with Crippen molar-refractivity contribution in [2.75, 3.05) is 17.3 Å². The maximum Gasteiger partial charge on any atom is 0.147 e. The van der Waals surface area contributed by atoms with Gasteiger partial charge < -0.3 is 4.90 Å². The van der Waals surface area contributed by atoms with Gasteiger partial charge in [0.15, 0.2) is 0 Å². The molecule has 0 spiro atoms. The van der Waals surface area contributed by atoms with E-state index in [4.69, 9.17) is 11.6 Å². The smallest absolute Gasteiger partial charge is 0.147 e. The fraction of sp³-hybridized carbons (Fsp3) is 0.692. The molecule has 94 valence electrons. The fourth-order valence-corrected chi connectivity index (χ4v) is 2.63. The van der Waals surface area contributed by atoms with Crippen LogP contribution in [0.2, 0.25) is 0 Å². The number of anilines is 1. The lowest BCUT2D eigenvalue weighted by molar-refractivity contribution is 0.614. The monoisotopic (exact) mass is 253 g/mol. The van der Waals surface area contributed by atoms with Gasteiger partial charge in [-0.2, -0.15) is 0 Å². The van der Waals surface area contributed by atoms with Crippen LogP contribution in [0.15, 0.2) is 6.20 Å². The van der Waals surface area contributed by atoms with Gasteiger partial charge in [-0.15, -0.1) is 11.6 Å². The topological polar surface area (TPSA) is 29.0 Å². The lowest BCUT2D eigenvalue weighted by atomic mass is 10.1. The van der Waals surface area contributed by atoms with E-state index in [-0.39, 0.29) is 0 Å². The molecule has 1 saturated heterocycles. The number of hydrogen-bond acceptors (Lipinski definition) is 3. The van der Waals surface area contributed by atoms with Crippen LogP contribution in [-0.4, -0.2) is 28.4 Å². The van der Waals surface area contributed by atoms with Crippen LogP contribution in [0, 0.1) is 13.8 Å². The highest BCUT2D eigenvalue weighted by Crippen LogP contribution is 2.23. The summed E-state index contributed by atoms with van der Waals surface area (Å²) in [5, 5.41) is 0. The van der Waals surface area contributed by atoms with Crippen molar-refractivity contribution in [3.05, 3.63) is 17.6 Å². The Bertz CT molecular complexity index is 381. The van der Waals surface area contributed by atoms with Crippen LogP contribution in [0.3, 0.4) is 0 Å². The maximum absolute atomic E-state index is 6.08. The highest BCUT2D eigenvalue weighted by Gasteiger charge is 2.21. The summed E-state index contributed by atoms with van der Waals surface area (Å²) in [5.41, 5.74) is 2.02. The number of aromatic nitrogens is 2. The Morgan fingerprint density at radius 1 is 1.29 bits per heavy atom. The first kappa shape index (κ1) is 12.6. The van der Waals surface area contributed by atoms with E-state index in [9.17, 15) is 0 Å².